The molecule has 0 unspecified atom stereocenters. The lowest BCUT2D eigenvalue weighted by Crippen LogP contribution is -2.19. The Kier molecular flexibility index (Phi) is 5.75. The van der Waals surface area contributed by atoms with Gasteiger partial charge in [0, 0.05) is 12.2 Å². The van der Waals surface area contributed by atoms with E-state index in [1.54, 1.807) is 0 Å². The largest absolute Gasteiger partial charge is 0.417 e. The summed E-state index contributed by atoms with van der Waals surface area (Å²) < 4.78 is 36.6. The van der Waals surface area contributed by atoms with Gasteiger partial charge < -0.3 is 5.32 Å². The Morgan fingerprint density at radius 2 is 2.00 bits per heavy atom. The van der Waals surface area contributed by atoms with Gasteiger partial charge in [0.2, 0.25) is 0 Å². The first-order chi connectivity index (χ1) is 6.95. The zero-order valence-corrected chi connectivity index (χ0v) is 9.82. The van der Waals surface area contributed by atoms with Crippen molar-refractivity contribution in [2.45, 2.75) is 26.1 Å². The molecule has 1 aromatic heterocycles. The molecule has 0 fully saturated rings. The van der Waals surface area contributed by atoms with Crippen LogP contribution in [0.1, 0.15) is 31.1 Å². The van der Waals surface area contributed by atoms with Crippen LogP contribution in [0, 0.1) is 0 Å². The van der Waals surface area contributed by atoms with Crippen LogP contribution in [0.5, 0.6) is 0 Å². The van der Waals surface area contributed by atoms with E-state index in [0.29, 0.717) is 5.69 Å². The van der Waals surface area contributed by atoms with E-state index in [4.69, 9.17) is 0 Å². The van der Waals surface area contributed by atoms with Crippen molar-refractivity contribution < 1.29 is 13.2 Å². The molecule has 1 aromatic rings. The topological polar surface area (TPSA) is 24.9 Å². The lowest BCUT2D eigenvalue weighted by atomic mass is 10.2. The van der Waals surface area contributed by atoms with Crippen molar-refractivity contribution in [3.63, 3.8) is 0 Å². The summed E-state index contributed by atoms with van der Waals surface area (Å²) in [6, 6.07) is 2.42. The van der Waals surface area contributed by atoms with E-state index in [0.717, 1.165) is 18.8 Å². The number of hydrogen-bond acceptors (Lipinski definition) is 2. The highest BCUT2D eigenvalue weighted by Gasteiger charge is 2.30. The van der Waals surface area contributed by atoms with Gasteiger partial charge in [-0.25, -0.2) is 0 Å². The Balaban J connectivity index is 0.00000225. The summed E-state index contributed by atoms with van der Waals surface area (Å²) in [6.07, 6.45) is -3.45. The zero-order valence-electron chi connectivity index (χ0n) is 9.01. The van der Waals surface area contributed by atoms with Crippen LogP contribution in [0.2, 0.25) is 0 Å². The third kappa shape index (κ3) is 3.98. The van der Waals surface area contributed by atoms with Crippen molar-refractivity contribution in [2.24, 2.45) is 0 Å². The summed E-state index contributed by atoms with van der Waals surface area (Å²) >= 11 is 0. The standard InChI is InChI=1S/C10H13F3N2.ClH/c1-3-14-7(2)9-5-4-8(6-15-9)10(11,12)13;/h4-7,14H,3H2,1-2H3;1H/t7-;/m1./s1. The second-order valence-electron chi connectivity index (χ2n) is 3.25. The summed E-state index contributed by atoms with van der Waals surface area (Å²) in [7, 11) is 0. The smallest absolute Gasteiger partial charge is 0.309 e. The summed E-state index contributed by atoms with van der Waals surface area (Å²) in [5.41, 5.74) is -0.0974. The first-order valence-electron chi connectivity index (χ1n) is 4.71. The fourth-order valence-electron chi connectivity index (χ4n) is 1.24. The van der Waals surface area contributed by atoms with Crippen molar-refractivity contribution in [1.82, 2.24) is 10.3 Å². The van der Waals surface area contributed by atoms with Gasteiger partial charge in [-0.15, -0.1) is 12.4 Å². The lowest BCUT2D eigenvalue weighted by Gasteiger charge is -2.12. The third-order valence-corrected chi connectivity index (χ3v) is 2.07. The number of hydrogen-bond donors (Lipinski definition) is 1. The van der Waals surface area contributed by atoms with Crippen molar-refractivity contribution >= 4 is 12.4 Å². The van der Waals surface area contributed by atoms with Gasteiger partial charge in [-0.1, -0.05) is 6.92 Å². The fraction of sp³-hybridized carbons (Fsp3) is 0.500. The van der Waals surface area contributed by atoms with Crippen LogP contribution in [0.3, 0.4) is 0 Å². The molecule has 6 heteroatoms. The quantitative estimate of drug-likeness (QED) is 0.896. The normalized spacial score (nSPS) is 13.1. The molecule has 0 saturated heterocycles. The lowest BCUT2D eigenvalue weighted by molar-refractivity contribution is -0.137. The summed E-state index contributed by atoms with van der Waals surface area (Å²) in [4.78, 5) is 3.78. The molecule has 0 aromatic carbocycles. The monoisotopic (exact) mass is 254 g/mol. The van der Waals surface area contributed by atoms with Crippen molar-refractivity contribution in [2.75, 3.05) is 6.54 Å². The summed E-state index contributed by atoms with van der Waals surface area (Å²) in [5.74, 6) is 0. The molecular weight excluding hydrogens is 241 g/mol. The SMILES string of the molecule is CCN[C@H](C)c1ccc(C(F)(F)F)cn1.Cl. The van der Waals surface area contributed by atoms with Crippen LogP contribution in [0.4, 0.5) is 13.2 Å². The first kappa shape index (κ1) is 15.2. The van der Waals surface area contributed by atoms with Gasteiger partial charge in [0.25, 0.3) is 0 Å². The third-order valence-electron chi connectivity index (χ3n) is 2.07. The molecule has 1 N–H and O–H groups in total. The van der Waals surface area contributed by atoms with Gasteiger partial charge in [0.15, 0.2) is 0 Å². The fourth-order valence-corrected chi connectivity index (χ4v) is 1.24. The number of aromatic nitrogens is 1. The van der Waals surface area contributed by atoms with E-state index >= 15 is 0 Å². The van der Waals surface area contributed by atoms with Crippen LogP contribution < -0.4 is 5.32 Å². The van der Waals surface area contributed by atoms with E-state index in [1.807, 2.05) is 13.8 Å². The van der Waals surface area contributed by atoms with E-state index < -0.39 is 11.7 Å². The molecular formula is C10H14ClF3N2. The Morgan fingerprint density at radius 3 is 2.38 bits per heavy atom. The highest BCUT2D eigenvalue weighted by molar-refractivity contribution is 5.85. The maximum absolute atomic E-state index is 12.2. The van der Waals surface area contributed by atoms with Crippen LogP contribution in [-0.2, 0) is 6.18 Å². The van der Waals surface area contributed by atoms with Gasteiger partial charge in [-0.05, 0) is 25.6 Å². The Bertz CT molecular complexity index is 311. The molecule has 1 heterocycles. The van der Waals surface area contributed by atoms with Gasteiger partial charge in [0.05, 0.1) is 11.3 Å². The Hall–Kier alpha value is -0.810. The molecule has 0 aliphatic rings. The number of nitrogens with zero attached hydrogens (tertiary/aromatic N) is 1. The van der Waals surface area contributed by atoms with E-state index in [2.05, 4.69) is 10.3 Å². The van der Waals surface area contributed by atoms with Crippen LogP contribution in [-0.4, -0.2) is 11.5 Å². The molecule has 0 aliphatic carbocycles. The van der Waals surface area contributed by atoms with Gasteiger partial charge in [-0.3, -0.25) is 4.98 Å². The molecule has 2 nitrogen and oxygen atoms in total. The first-order valence-corrected chi connectivity index (χ1v) is 4.71. The maximum atomic E-state index is 12.2. The van der Waals surface area contributed by atoms with E-state index in [-0.39, 0.29) is 18.4 Å². The number of nitrogens with one attached hydrogen (secondary N) is 1. The minimum Gasteiger partial charge on any atom is -0.309 e. The van der Waals surface area contributed by atoms with E-state index in [9.17, 15) is 13.2 Å². The summed E-state index contributed by atoms with van der Waals surface area (Å²) in [6.45, 7) is 4.55. The highest BCUT2D eigenvalue weighted by atomic mass is 35.5. The van der Waals surface area contributed by atoms with E-state index in [1.165, 1.54) is 6.07 Å². The summed E-state index contributed by atoms with van der Waals surface area (Å²) in [5, 5.41) is 3.08. The van der Waals surface area contributed by atoms with Crippen molar-refractivity contribution in [3.8, 4) is 0 Å². The predicted octanol–water partition coefficient (Wildman–Crippen LogP) is 3.19. The molecule has 0 radical (unpaired) electrons. The second kappa shape index (κ2) is 6.06. The minimum atomic E-state index is -4.31. The predicted molar refractivity (Wildman–Crippen MR) is 58.6 cm³/mol. The molecule has 0 amide bonds. The van der Waals surface area contributed by atoms with Crippen molar-refractivity contribution in [3.05, 3.63) is 29.6 Å². The number of pyridine rings is 1. The minimum absolute atomic E-state index is 0. The molecule has 1 atom stereocenters. The van der Waals surface area contributed by atoms with Gasteiger partial charge >= 0.3 is 6.18 Å². The Labute approximate surface area is 98.7 Å². The van der Waals surface area contributed by atoms with Crippen LogP contribution in [0.15, 0.2) is 18.3 Å². The maximum Gasteiger partial charge on any atom is 0.417 e. The van der Waals surface area contributed by atoms with Crippen LogP contribution in [0.25, 0.3) is 0 Å². The van der Waals surface area contributed by atoms with Crippen LogP contribution >= 0.6 is 12.4 Å². The number of halogens is 4. The second-order valence-corrected chi connectivity index (χ2v) is 3.25. The molecule has 16 heavy (non-hydrogen) atoms. The number of alkyl halides is 3. The van der Waals surface area contributed by atoms with Gasteiger partial charge in [0.1, 0.15) is 0 Å². The molecule has 0 bridgehead atoms. The molecule has 1 rings (SSSR count). The average molecular weight is 255 g/mol. The average Bonchev–Trinajstić information content (AvgIpc) is 2.17. The molecule has 0 saturated carbocycles. The molecule has 0 spiro atoms. The number of rotatable bonds is 3. The van der Waals surface area contributed by atoms with Gasteiger partial charge in [-0.2, -0.15) is 13.2 Å². The highest BCUT2D eigenvalue weighted by Crippen LogP contribution is 2.28. The molecule has 92 valence electrons. The zero-order chi connectivity index (χ0) is 11.5. The Morgan fingerprint density at radius 1 is 1.38 bits per heavy atom. The van der Waals surface area contributed by atoms with Crippen molar-refractivity contribution in [1.29, 1.82) is 0 Å². The molecule has 0 aliphatic heterocycles.